The van der Waals surface area contributed by atoms with Gasteiger partial charge in [0, 0.05) is 11.5 Å². The molecule has 0 amide bonds. The lowest BCUT2D eigenvalue weighted by atomic mass is 10.4. The summed E-state index contributed by atoms with van der Waals surface area (Å²) >= 11 is 5.08. The summed E-state index contributed by atoms with van der Waals surface area (Å²) in [6.07, 6.45) is 1.82. The average Bonchev–Trinajstić information content (AvgIpc) is 2.17. The third kappa shape index (κ3) is 11.5. The normalized spacial score (nSPS) is 13.3. The molecule has 0 saturated carbocycles. The number of carboxylic acid groups (broad SMARTS) is 2. The average molecular weight is 256 g/mol. The molecule has 0 aromatic heterocycles. The van der Waals surface area contributed by atoms with E-state index < -0.39 is 24.0 Å². The number of hydrogen-bond donors (Lipinski definition) is 5. The Morgan fingerprint density at radius 2 is 1.67 bits per heavy atom. The second-order valence-corrected chi connectivity index (χ2v) is 3.80. The lowest BCUT2D eigenvalue weighted by Crippen LogP contribution is -2.32. The van der Waals surface area contributed by atoms with Crippen molar-refractivity contribution in [3.8, 4) is 0 Å². The quantitative estimate of drug-likeness (QED) is 0.403. The standard InChI is InChI=1S/C4H9NO2S.C3H7NO2S/c1-8-2-3(5)4(6)7;4-2(1-7)3(5)6/h3H,2,5H2,1H3,(H,6,7);2,7H,1,4H2,(H,5,6)/t;2-/m.0/s1. The number of nitrogens with two attached hydrogens (primary N) is 2. The number of aliphatic carboxylic acids is 2. The number of thioether (sulfide) groups is 1. The molecule has 1 unspecified atom stereocenters. The van der Waals surface area contributed by atoms with Gasteiger partial charge in [-0.2, -0.15) is 24.4 Å². The monoisotopic (exact) mass is 256 g/mol. The number of thiol groups is 1. The van der Waals surface area contributed by atoms with Gasteiger partial charge in [0.15, 0.2) is 0 Å². The van der Waals surface area contributed by atoms with Gasteiger partial charge in [-0.25, -0.2) is 0 Å². The van der Waals surface area contributed by atoms with E-state index in [1.165, 1.54) is 11.8 Å². The van der Waals surface area contributed by atoms with Gasteiger partial charge in [0.25, 0.3) is 0 Å². The molecule has 0 aliphatic carbocycles. The van der Waals surface area contributed by atoms with Gasteiger partial charge in [-0.1, -0.05) is 0 Å². The summed E-state index contributed by atoms with van der Waals surface area (Å²) in [6.45, 7) is 0. The Balaban J connectivity index is 0. The van der Waals surface area contributed by atoms with Crippen molar-refractivity contribution in [1.29, 1.82) is 0 Å². The molecule has 15 heavy (non-hydrogen) atoms. The first-order valence-corrected chi connectivity index (χ1v) is 5.96. The van der Waals surface area contributed by atoms with E-state index >= 15 is 0 Å². The summed E-state index contributed by atoms with van der Waals surface area (Å²) in [6, 6.07) is -1.52. The second kappa shape index (κ2) is 10.1. The van der Waals surface area contributed by atoms with Crippen LogP contribution in [0.2, 0.25) is 0 Å². The van der Waals surface area contributed by atoms with Crippen molar-refractivity contribution < 1.29 is 19.8 Å². The van der Waals surface area contributed by atoms with Crippen molar-refractivity contribution in [3.05, 3.63) is 0 Å². The maximum absolute atomic E-state index is 9.95. The van der Waals surface area contributed by atoms with Gasteiger partial charge in [-0.05, 0) is 6.26 Å². The molecule has 0 aliphatic heterocycles. The van der Waals surface area contributed by atoms with Crippen LogP contribution in [-0.4, -0.2) is 52.0 Å². The van der Waals surface area contributed by atoms with Crippen LogP contribution in [0.3, 0.4) is 0 Å². The number of hydrogen-bond acceptors (Lipinski definition) is 6. The second-order valence-electron chi connectivity index (χ2n) is 2.53. The largest absolute Gasteiger partial charge is 0.480 e. The fourth-order valence-corrected chi connectivity index (χ4v) is 0.987. The van der Waals surface area contributed by atoms with E-state index in [-0.39, 0.29) is 5.75 Å². The maximum atomic E-state index is 9.95. The zero-order chi connectivity index (χ0) is 12.4. The minimum atomic E-state index is -1.00. The Morgan fingerprint density at radius 1 is 1.27 bits per heavy atom. The Hall–Kier alpha value is -0.440. The van der Waals surface area contributed by atoms with Crippen LogP contribution >= 0.6 is 24.4 Å². The van der Waals surface area contributed by atoms with Crippen LogP contribution in [0.15, 0.2) is 0 Å². The highest BCUT2D eigenvalue weighted by Gasteiger charge is 2.08. The molecule has 0 saturated heterocycles. The van der Waals surface area contributed by atoms with E-state index in [0.29, 0.717) is 5.75 Å². The van der Waals surface area contributed by atoms with Gasteiger partial charge in [0.2, 0.25) is 0 Å². The minimum absolute atomic E-state index is 0.190. The van der Waals surface area contributed by atoms with Crippen LogP contribution in [0, 0.1) is 0 Å². The Bertz CT molecular complexity index is 203. The van der Waals surface area contributed by atoms with Crippen molar-refractivity contribution in [1.82, 2.24) is 0 Å². The van der Waals surface area contributed by atoms with Gasteiger partial charge >= 0.3 is 11.9 Å². The predicted octanol–water partition coefficient (Wildman–Crippen LogP) is -0.911. The lowest BCUT2D eigenvalue weighted by molar-refractivity contribution is -0.138. The van der Waals surface area contributed by atoms with E-state index in [2.05, 4.69) is 12.6 Å². The summed E-state index contributed by atoms with van der Waals surface area (Å²) in [5, 5.41) is 16.2. The van der Waals surface area contributed by atoms with Crippen LogP contribution in [0.25, 0.3) is 0 Å². The summed E-state index contributed by atoms with van der Waals surface area (Å²) in [5.74, 6) is -1.26. The number of carbonyl (C=O) groups is 2. The lowest BCUT2D eigenvalue weighted by Gasteiger charge is -2.00. The van der Waals surface area contributed by atoms with Crippen molar-refractivity contribution in [3.63, 3.8) is 0 Å². The van der Waals surface area contributed by atoms with Gasteiger partial charge in [0.1, 0.15) is 12.1 Å². The molecule has 6 N–H and O–H groups in total. The highest BCUT2D eigenvalue weighted by molar-refractivity contribution is 7.98. The molecule has 0 heterocycles. The first-order valence-electron chi connectivity index (χ1n) is 3.93. The van der Waals surface area contributed by atoms with Crippen LogP contribution in [0.1, 0.15) is 0 Å². The molecular formula is C7H16N2O4S2. The molecule has 0 aromatic carbocycles. The van der Waals surface area contributed by atoms with E-state index in [9.17, 15) is 9.59 Å². The van der Waals surface area contributed by atoms with Gasteiger partial charge in [-0.3, -0.25) is 9.59 Å². The highest BCUT2D eigenvalue weighted by atomic mass is 32.2. The molecule has 0 aromatic rings. The van der Waals surface area contributed by atoms with Crippen molar-refractivity contribution in [2.45, 2.75) is 12.1 Å². The molecule has 0 spiro atoms. The third-order valence-corrected chi connectivity index (χ3v) is 2.26. The smallest absolute Gasteiger partial charge is 0.321 e. The van der Waals surface area contributed by atoms with Crippen LogP contribution in [0.4, 0.5) is 0 Å². The molecule has 0 aliphatic rings. The zero-order valence-corrected chi connectivity index (χ0v) is 10.0. The molecule has 6 nitrogen and oxygen atoms in total. The fourth-order valence-electron chi connectivity index (χ4n) is 0.329. The predicted molar refractivity (Wildman–Crippen MR) is 63.5 cm³/mol. The van der Waals surface area contributed by atoms with Crippen LogP contribution in [0.5, 0.6) is 0 Å². The highest BCUT2D eigenvalue weighted by Crippen LogP contribution is 1.93. The molecule has 2 atom stereocenters. The van der Waals surface area contributed by atoms with Gasteiger partial charge in [0.05, 0.1) is 0 Å². The van der Waals surface area contributed by atoms with Crippen molar-refractivity contribution >= 4 is 36.3 Å². The molecule has 90 valence electrons. The van der Waals surface area contributed by atoms with Gasteiger partial charge < -0.3 is 21.7 Å². The summed E-state index contributed by atoms with van der Waals surface area (Å²) in [4.78, 5) is 19.7. The fraction of sp³-hybridized carbons (Fsp3) is 0.714. The van der Waals surface area contributed by atoms with E-state index in [4.69, 9.17) is 21.7 Å². The van der Waals surface area contributed by atoms with E-state index in [1.807, 2.05) is 6.26 Å². The summed E-state index contributed by atoms with van der Waals surface area (Å²) in [7, 11) is 0. The van der Waals surface area contributed by atoms with E-state index in [1.54, 1.807) is 0 Å². The first-order chi connectivity index (χ1) is 6.86. The zero-order valence-electron chi connectivity index (χ0n) is 8.29. The first kappa shape index (κ1) is 17.0. The molecule has 0 rings (SSSR count). The maximum Gasteiger partial charge on any atom is 0.321 e. The number of carboxylic acids is 2. The van der Waals surface area contributed by atoms with Crippen LogP contribution in [-0.2, 0) is 9.59 Å². The van der Waals surface area contributed by atoms with Gasteiger partial charge in [-0.15, -0.1) is 0 Å². The number of rotatable bonds is 5. The topological polar surface area (TPSA) is 127 Å². The molecule has 8 heteroatoms. The molecular weight excluding hydrogens is 240 g/mol. The summed E-state index contributed by atoms with van der Waals surface area (Å²) in [5.41, 5.74) is 10.0. The summed E-state index contributed by atoms with van der Waals surface area (Å²) < 4.78 is 0. The minimum Gasteiger partial charge on any atom is -0.480 e. The van der Waals surface area contributed by atoms with Crippen molar-refractivity contribution in [2.24, 2.45) is 11.5 Å². The third-order valence-electron chi connectivity index (χ3n) is 1.18. The SMILES string of the molecule is CSCC(N)C(=O)O.N[C@@H](CS)C(=O)O. The van der Waals surface area contributed by atoms with Crippen LogP contribution < -0.4 is 11.5 Å². The Morgan fingerprint density at radius 3 is 1.73 bits per heavy atom. The Labute approximate surface area is 97.8 Å². The van der Waals surface area contributed by atoms with Crippen molar-refractivity contribution in [2.75, 3.05) is 17.8 Å². The molecule has 0 fully saturated rings. The molecule has 0 bridgehead atoms. The Kier molecular flexibility index (Phi) is 11.4. The molecule has 0 radical (unpaired) electrons. The van der Waals surface area contributed by atoms with E-state index in [0.717, 1.165) is 0 Å².